The number of aryl methyl sites for hydroxylation is 1. The fraction of sp³-hybridized carbons (Fsp3) is 0.448. The minimum atomic E-state index is -0.248. The highest BCUT2D eigenvalue weighted by Gasteiger charge is 2.36. The fourth-order valence-electron chi connectivity index (χ4n) is 4.44. The maximum Gasteiger partial charge on any atom is 0.205 e. The number of unbranched alkanes of at least 4 members (excludes halogenated alkanes) is 1. The van der Waals surface area contributed by atoms with Gasteiger partial charge in [-0.2, -0.15) is 9.78 Å². The Balaban J connectivity index is 1.80. The summed E-state index contributed by atoms with van der Waals surface area (Å²) in [4.78, 5) is 7.52. The topological polar surface area (TPSA) is 77.1 Å². The van der Waals surface area contributed by atoms with Crippen LogP contribution < -0.4 is 14.4 Å². The summed E-state index contributed by atoms with van der Waals surface area (Å²) in [6, 6.07) is 12.1. The molecule has 4 rings (SSSR count). The minimum absolute atomic E-state index is 0.248. The summed E-state index contributed by atoms with van der Waals surface area (Å²) >= 11 is 0. The van der Waals surface area contributed by atoms with E-state index in [2.05, 4.69) is 74.8 Å². The zero-order chi connectivity index (χ0) is 26.7. The molecule has 0 aliphatic carbocycles. The zero-order valence-corrected chi connectivity index (χ0v) is 23.3. The molecule has 0 amide bonds. The van der Waals surface area contributed by atoms with Gasteiger partial charge in [0.15, 0.2) is 5.82 Å². The van der Waals surface area contributed by atoms with Crippen LogP contribution in [-0.2, 0) is 0 Å². The number of hydrogen-bond acceptors (Lipinski definition) is 7. The first kappa shape index (κ1) is 26.4. The average Bonchev–Trinajstić information content (AvgIpc) is 3.45. The van der Waals surface area contributed by atoms with Crippen LogP contribution in [0.4, 0.5) is 11.4 Å². The molecule has 2 aromatic carbocycles. The summed E-state index contributed by atoms with van der Waals surface area (Å²) in [5.41, 5.74) is 5.35. The van der Waals surface area contributed by atoms with E-state index >= 15 is 0 Å². The highest BCUT2D eigenvalue weighted by Crippen LogP contribution is 2.36. The Hall–Kier alpha value is -3.68. The van der Waals surface area contributed by atoms with Gasteiger partial charge in [-0.3, -0.25) is 0 Å². The molecule has 3 aromatic rings. The maximum absolute atomic E-state index is 5.61. The number of rotatable bonds is 9. The van der Waals surface area contributed by atoms with Crippen molar-refractivity contribution in [3.05, 3.63) is 47.8 Å². The molecule has 196 valence electrons. The number of methoxy groups -OCH3 is 2. The number of benzene rings is 2. The number of nitrogens with zero attached hydrogens (tertiary/aromatic N) is 6. The van der Waals surface area contributed by atoms with E-state index in [0.29, 0.717) is 23.1 Å². The van der Waals surface area contributed by atoms with Crippen LogP contribution in [0.2, 0.25) is 0 Å². The summed E-state index contributed by atoms with van der Waals surface area (Å²) in [5.74, 6) is 2.57. The van der Waals surface area contributed by atoms with Crippen molar-refractivity contribution in [3.8, 4) is 22.9 Å². The highest BCUT2D eigenvalue weighted by atomic mass is 16.5. The molecule has 2 heterocycles. The van der Waals surface area contributed by atoms with Crippen molar-refractivity contribution >= 4 is 22.8 Å². The Bertz CT molecular complexity index is 1330. The quantitative estimate of drug-likeness (QED) is 0.344. The number of anilines is 1. The summed E-state index contributed by atoms with van der Waals surface area (Å²) in [5, 5.41) is 14.0. The lowest BCUT2D eigenvalue weighted by Gasteiger charge is -2.23. The van der Waals surface area contributed by atoms with Crippen LogP contribution in [0, 0.1) is 12.3 Å². The van der Waals surface area contributed by atoms with Crippen molar-refractivity contribution in [1.29, 1.82) is 0 Å². The fourth-order valence-corrected chi connectivity index (χ4v) is 4.44. The molecule has 0 spiro atoms. The third-order valence-electron chi connectivity index (χ3n) is 6.58. The predicted molar refractivity (Wildman–Crippen MR) is 151 cm³/mol. The number of aliphatic imine (C=N–C) groups is 1. The van der Waals surface area contributed by atoms with Gasteiger partial charge in [-0.15, -0.1) is 10.2 Å². The van der Waals surface area contributed by atoms with Gasteiger partial charge in [0.1, 0.15) is 17.2 Å². The normalized spacial score (nSPS) is 14.1. The molecule has 1 aliphatic rings. The van der Waals surface area contributed by atoms with Gasteiger partial charge >= 0.3 is 0 Å². The van der Waals surface area contributed by atoms with Gasteiger partial charge in [-0.05, 0) is 62.2 Å². The van der Waals surface area contributed by atoms with Gasteiger partial charge in [0, 0.05) is 24.2 Å². The molecule has 37 heavy (non-hydrogen) atoms. The largest absolute Gasteiger partial charge is 0.497 e. The van der Waals surface area contributed by atoms with E-state index in [-0.39, 0.29) is 5.41 Å². The molecule has 8 nitrogen and oxygen atoms in total. The Morgan fingerprint density at radius 3 is 2.35 bits per heavy atom. The van der Waals surface area contributed by atoms with Gasteiger partial charge in [0.25, 0.3) is 0 Å². The SMILES string of the molecule is CCCCN(CC)c1ccc(N=C2C(C(C)(C)C)=Nn3c2nnc3-c2cc(OC)ccc2OC)c(C)c1. The molecule has 0 unspecified atom stereocenters. The minimum Gasteiger partial charge on any atom is -0.497 e. The first-order valence-corrected chi connectivity index (χ1v) is 12.9. The number of hydrogen-bond donors (Lipinski definition) is 0. The van der Waals surface area contributed by atoms with Crippen LogP contribution in [0.25, 0.3) is 11.4 Å². The van der Waals surface area contributed by atoms with Crippen molar-refractivity contribution in [2.45, 2.75) is 54.4 Å². The van der Waals surface area contributed by atoms with Crippen LogP contribution in [0.15, 0.2) is 46.5 Å². The molecule has 1 aliphatic heterocycles. The van der Waals surface area contributed by atoms with Crippen molar-refractivity contribution in [3.63, 3.8) is 0 Å². The van der Waals surface area contributed by atoms with Crippen molar-refractivity contribution in [2.24, 2.45) is 15.5 Å². The molecular weight excluding hydrogens is 464 g/mol. The van der Waals surface area contributed by atoms with E-state index in [1.807, 2.05) is 18.2 Å². The second-order valence-corrected chi connectivity index (χ2v) is 10.3. The van der Waals surface area contributed by atoms with Crippen molar-refractivity contribution in [1.82, 2.24) is 14.9 Å². The smallest absolute Gasteiger partial charge is 0.205 e. The van der Waals surface area contributed by atoms with Gasteiger partial charge in [0.2, 0.25) is 5.82 Å². The molecule has 0 atom stereocenters. The second-order valence-electron chi connectivity index (χ2n) is 10.3. The first-order chi connectivity index (χ1) is 17.7. The molecule has 0 fully saturated rings. The third-order valence-corrected chi connectivity index (χ3v) is 6.58. The van der Waals surface area contributed by atoms with Crippen molar-refractivity contribution < 1.29 is 9.47 Å². The van der Waals surface area contributed by atoms with Crippen LogP contribution in [0.5, 0.6) is 11.5 Å². The van der Waals surface area contributed by atoms with E-state index in [0.717, 1.165) is 41.3 Å². The number of aromatic nitrogens is 3. The number of fused-ring (bicyclic) bond motifs is 1. The third kappa shape index (κ3) is 5.24. The Kier molecular flexibility index (Phi) is 7.66. The van der Waals surface area contributed by atoms with E-state index in [1.165, 1.54) is 18.5 Å². The lowest BCUT2D eigenvalue weighted by Crippen LogP contribution is -2.27. The first-order valence-electron chi connectivity index (χ1n) is 12.9. The summed E-state index contributed by atoms with van der Waals surface area (Å²) in [7, 11) is 3.27. The average molecular weight is 503 g/mol. The summed E-state index contributed by atoms with van der Waals surface area (Å²) < 4.78 is 12.8. The molecule has 0 radical (unpaired) electrons. The van der Waals surface area contributed by atoms with E-state index < -0.39 is 0 Å². The molecule has 0 saturated heterocycles. The molecular formula is C29H38N6O2. The van der Waals surface area contributed by atoms with E-state index in [4.69, 9.17) is 19.6 Å². The van der Waals surface area contributed by atoms with Gasteiger partial charge in [-0.1, -0.05) is 34.1 Å². The van der Waals surface area contributed by atoms with Crippen LogP contribution >= 0.6 is 0 Å². The Morgan fingerprint density at radius 1 is 0.973 bits per heavy atom. The molecule has 1 aromatic heterocycles. The summed E-state index contributed by atoms with van der Waals surface area (Å²) in [6.45, 7) is 15.0. The van der Waals surface area contributed by atoms with Crippen molar-refractivity contribution in [2.75, 3.05) is 32.2 Å². The lowest BCUT2D eigenvalue weighted by molar-refractivity contribution is 0.404. The van der Waals surface area contributed by atoms with E-state index in [9.17, 15) is 0 Å². The standard InChI is InChI=1S/C29H38N6O2/c1-9-11-16-34(10-2)20-12-14-23(19(3)17-20)30-25-26(29(4,5)6)33-35-27(31-32-28(25)35)22-18-21(36-7)13-15-24(22)37-8/h12-15,17-18H,9-11,16H2,1-8H3. The Labute approximate surface area is 220 Å². The second kappa shape index (κ2) is 10.7. The highest BCUT2D eigenvalue weighted by molar-refractivity contribution is 6.50. The lowest BCUT2D eigenvalue weighted by atomic mass is 9.87. The van der Waals surface area contributed by atoms with Gasteiger partial charge in [0.05, 0.1) is 31.2 Å². The molecule has 0 saturated carbocycles. The molecule has 8 heteroatoms. The maximum atomic E-state index is 5.61. The van der Waals surface area contributed by atoms with Gasteiger partial charge in [-0.25, -0.2) is 4.99 Å². The predicted octanol–water partition coefficient (Wildman–Crippen LogP) is 6.28. The zero-order valence-electron chi connectivity index (χ0n) is 23.3. The van der Waals surface area contributed by atoms with E-state index in [1.54, 1.807) is 18.9 Å². The van der Waals surface area contributed by atoms with Gasteiger partial charge < -0.3 is 14.4 Å². The molecule has 0 N–H and O–H groups in total. The molecule has 0 bridgehead atoms. The Morgan fingerprint density at radius 2 is 1.73 bits per heavy atom. The summed E-state index contributed by atoms with van der Waals surface area (Å²) in [6.07, 6.45) is 2.36. The number of ether oxygens (including phenoxy) is 2. The van der Waals surface area contributed by atoms with Crippen LogP contribution in [-0.4, -0.2) is 53.6 Å². The van der Waals surface area contributed by atoms with Crippen LogP contribution in [0.1, 0.15) is 58.8 Å². The monoisotopic (exact) mass is 502 g/mol. The van der Waals surface area contributed by atoms with Crippen LogP contribution in [0.3, 0.4) is 0 Å².